The molecular weight excluding hydrogens is 248 g/mol. The summed E-state index contributed by atoms with van der Waals surface area (Å²) in [6.07, 6.45) is 3.20. The standard InChI is InChI=1S/C14H14N2O.ClH/c1-10-5-6-11(2)13(8-10)16-14(17)12-4-3-7-15-9-12;/h3-9H,1-2H3,(H,16,17);1H. The molecule has 4 heteroatoms. The first-order valence-electron chi connectivity index (χ1n) is 5.45. The van der Waals surface area contributed by atoms with Gasteiger partial charge in [0, 0.05) is 18.1 Å². The maximum absolute atomic E-state index is 11.9. The van der Waals surface area contributed by atoms with E-state index in [1.807, 2.05) is 32.0 Å². The Labute approximate surface area is 113 Å². The number of aryl methyl sites for hydroxylation is 2. The largest absolute Gasteiger partial charge is 0.322 e. The minimum atomic E-state index is -0.133. The predicted octanol–water partition coefficient (Wildman–Crippen LogP) is 3.37. The van der Waals surface area contributed by atoms with Gasteiger partial charge in [0.05, 0.1) is 5.56 Å². The number of carbonyl (C=O) groups excluding carboxylic acids is 1. The van der Waals surface area contributed by atoms with E-state index < -0.39 is 0 Å². The number of amides is 1. The lowest BCUT2D eigenvalue weighted by Crippen LogP contribution is -2.12. The first-order chi connectivity index (χ1) is 8.16. The van der Waals surface area contributed by atoms with Crippen molar-refractivity contribution in [3.63, 3.8) is 0 Å². The number of pyridine rings is 1. The Bertz CT molecular complexity index is 541. The van der Waals surface area contributed by atoms with Gasteiger partial charge < -0.3 is 5.32 Å². The molecule has 1 N–H and O–H groups in total. The number of hydrogen-bond acceptors (Lipinski definition) is 2. The van der Waals surface area contributed by atoms with Crippen LogP contribution in [0.1, 0.15) is 21.5 Å². The third-order valence-electron chi connectivity index (χ3n) is 2.56. The Morgan fingerprint density at radius 3 is 2.67 bits per heavy atom. The second-order valence-electron chi connectivity index (χ2n) is 4.01. The molecule has 2 aromatic rings. The highest BCUT2D eigenvalue weighted by Crippen LogP contribution is 2.17. The molecular formula is C14H15ClN2O. The van der Waals surface area contributed by atoms with Crippen LogP contribution in [0.3, 0.4) is 0 Å². The van der Waals surface area contributed by atoms with Crippen LogP contribution in [0.5, 0.6) is 0 Å². The summed E-state index contributed by atoms with van der Waals surface area (Å²) < 4.78 is 0. The van der Waals surface area contributed by atoms with E-state index in [1.54, 1.807) is 24.5 Å². The average Bonchev–Trinajstić information content (AvgIpc) is 2.35. The highest BCUT2D eigenvalue weighted by Gasteiger charge is 2.07. The molecule has 0 spiro atoms. The predicted molar refractivity (Wildman–Crippen MR) is 75.4 cm³/mol. The maximum Gasteiger partial charge on any atom is 0.257 e. The van der Waals surface area contributed by atoms with Crippen LogP contribution < -0.4 is 5.32 Å². The summed E-state index contributed by atoms with van der Waals surface area (Å²) in [6, 6.07) is 9.47. The van der Waals surface area contributed by atoms with Crippen LogP contribution in [-0.4, -0.2) is 10.9 Å². The molecule has 0 fully saturated rings. The molecule has 3 nitrogen and oxygen atoms in total. The van der Waals surface area contributed by atoms with E-state index in [1.165, 1.54) is 0 Å². The van der Waals surface area contributed by atoms with E-state index in [-0.39, 0.29) is 18.3 Å². The van der Waals surface area contributed by atoms with Crippen molar-refractivity contribution in [2.75, 3.05) is 5.32 Å². The summed E-state index contributed by atoms with van der Waals surface area (Å²) in [4.78, 5) is 15.9. The van der Waals surface area contributed by atoms with Crippen molar-refractivity contribution in [1.29, 1.82) is 0 Å². The number of nitrogens with zero attached hydrogens (tertiary/aromatic N) is 1. The number of carbonyl (C=O) groups is 1. The highest BCUT2D eigenvalue weighted by molar-refractivity contribution is 6.04. The number of halogens is 1. The molecule has 0 bridgehead atoms. The van der Waals surface area contributed by atoms with Gasteiger partial charge in [-0.2, -0.15) is 0 Å². The number of benzene rings is 1. The van der Waals surface area contributed by atoms with Gasteiger partial charge in [0.1, 0.15) is 0 Å². The van der Waals surface area contributed by atoms with E-state index >= 15 is 0 Å². The second-order valence-corrected chi connectivity index (χ2v) is 4.01. The summed E-state index contributed by atoms with van der Waals surface area (Å²) in [5.74, 6) is -0.133. The highest BCUT2D eigenvalue weighted by atomic mass is 35.5. The van der Waals surface area contributed by atoms with Gasteiger partial charge in [-0.1, -0.05) is 12.1 Å². The number of hydrogen-bond donors (Lipinski definition) is 1. The van der Waals surface area contributed by atoms with Gasteiger partial charge in [-0.3, -0.25) is 9.78 Å². The first kappa shape index (κ1) is 14.2. The van der Waals surface area contributed by atoms with Crippen molar-refractivity contribution < 1.29 is 4.79 Å². The van der Waals surface area contributed by atoms with E-state index in [4.69, 9.17) is 0 Å². The van der Waals surface area contributed by atoms with Crippen molar-refractivity contribution in [1.82, 2.24) is 4.98 Å². The molecule has 0 aliphatic rings. The fourth-order valence-electron chi connectivity index (χ4n) is 1.56. The molecule has 0 aliphatic carbocycles. The van der Waals surface area contributed by atoms with Gasteiger partial charge in [-0.15, -0.1) is 12.4 Å². The van der Waals surface area contributed by atoms with Gasteiger partial charge in [-0.05, 0) is 43.2 Å². The number of anilines is 1. The fourth-order valence-corrected chi connectivity index (χ4v) is 1.56. The zero-order valence-corrected chi connectivity index (χ0v) is 11.1. The Morgan fingerprint density at radius 2 is 2.00 bits per heavy atom. The minimum Gasteiger partial charge on any atom is -0.322 e. The topological polar surface area (TPSA) is 42.0 Å². The van der Waals surface area contributed by atoms with Crippen LogP contribution in [0.2, 0.25) is 0 Å². The molecule has 1 heterocycles. The summed E-state index contributed by atoms with van der Waals surface area (Å²) in [5.41, 5.74) is 3.58. The normalized spacial score (nSPS) is 9.44. The van der Waals surface area contributed by atoms with Crippen LogP contribution in [0.25, 0.3) is 0 Å². The monoisotopic (exact) mass is 262 g/mol. The van der Waals surface area contributed by atoms with E-state index in [9.17, 15) is 4.79 Å². The number of aromatic nitrogens is 1. The smallest absolute Gasteiger partial charge is 0.257 e. The maximum atomic E-state index is 11.9. The molecule has 0 saturated carbocycles. The molecule has 1 aromatic heterocycles. The van der Waals surface area contributed by atoms with Crippen molar-refractivity contribution >= 4 is 24.0 Å². The summed E-state index contributed by atoms with van der Waals surface area (Å²) in [6.45, 7) is 3.97. The summed E-state index contributed by atoms with van der Waals surface area (Å²) in [7, 11) is 0. The average molecular weight is 263 g/mol. The van der Waals surface area contributed by atoms with E-state index in [0.717, 1.165) is 16.8 Å². The lowest BCUT2D eigenvalue weighted by atomic mass is 10.1. The summed E-state index contributed by atoms with van der Waals surface area (Å²) >= 11 is 0. The van der Waals surface area contributed by atoms with E-state index in [2.05, 4.69) is 10.3 Å². The van der Waals surface area contributed by atoms with E-state index in [0.29, 0.717) is 5.56 Å². The fraction of sp³-hybridized carbons (Fsp3) is 0.143. The van der Waals surface area contributed by atoms with Crippen molar-refractivity contribution in [2.24, 2.45) is 0 Å². The van der Waals surface area contributed by atoms with Gasteiger partial charge >= 0.3 is 0 Å². The van der Waals surface area contributed by atoms with Crippen molar-refractivity contribution in [3.05, 3.63) is 59.4 Å². The van der Waals surface area contributed by atoms with Gasteiger partial charge in [0.15, 0.2) is 0 Å². The van der Waals surface area contributed by atoms with Gasteiger partial charge in [-0.25, -0.2) is 0 Å². The van der Waals surface area contributed by atoms with Crippen LogP contribution >= 0.6 is 12.4 Å². The van der Waals surface area contributed by atoms with Crippen LogP contribution in [0, 0.1) is 13.8 Å². The quantitative estimate of drug-likeness (QED) is 0.902. The molecule has 2 rings (SSSR count). The van der Waals surface area contributed by atoms with Crippen LogP contribution in [0.15, 0.2) is 42.7 Å². The zero-order chi connectivity index (χ0) is 12.3. The number of nitrogens with one attached hydrogen (secondary N) is 1. The van der Waals surface area contributed by atoms with Crippen molar-refractivity contribution in [2.45, 2.75) is 13.8 Å². The molecule has 0 unspecified atom stereocenters. The lowest BCUT2D eigenvalue weighted by Gasteiger charge is -2.09. The molecule has 18 heavy (non-hydrogen) atoms. The van der Waals surface area contributed by atoms with Gasteiger partial charge in [0.25, 0.3) is 5.91 Å². The molecule has 1 amide bonds. The Balaban J connectivity index is 0.00000162. The molecule has 0 radical (unpaired) electrons. The third kappa shape index (κ3) is 3.31. The molecule has 0 aliphatic heterocycles. The second kappa shape index (κ2) is 6.17. The Hall–Kier alpha value is -1.87. The minimum absolute atomic E-state index is 0. The Kier molecular flexibility index (Phi) is 4.86. The molecule has 0 saturated heterocycles. The van der Waals surface area contributed by atoms with Crippen molar-refractivity contribution in [3.8, 4) is 0 Å². The molecule has 0 atom stereocenters. The Morgan fingerprint density at radius 1 is 1.22 bits per heavy atom. The molecule has 1 aromatic carbocycles. The third-order valence-corrected chi connectivity index (χ3v) is 2.56. The first-order valence-corrected chi connectivity index (χ1v) is 5.45. The molecule has 94 valence electrons. The summed E-state index contributed by atoms with van der Waals surface area (Å²) in [5, 5.41) is 2.89. The van der Waals surface area contributed by atoms with Crippen LogP contribution in [0.4, 0.5) is 5.69 Å². The zero-order valence-electron chi connectivity index (χ0n) is 10.3. The number of rotatable bonds is 2. The lowest BCUT2D eigenvalue weighted by molar-refractivity contribution is 0.102. The van der Waals surface area contributed by atoms with Gasteiger partial charge in [0.2, 0.25) is 0 Å². The van der Waals surface area contributed by atoms with Crippen LogP contribution in [-0.2, 0) is 0 Å². The SMILES string of the molecule is Cc1ccc(C)c(NC(=O)c2cccnc2)c1.Cl.